The number of amides is 1. The Morgan fingerprint density at radius 2 is 2.04 bits per heavy atom. The van der Waals surface area contributed by atoms with Gasteiger partial charge < -0.3 is 11.1 Å². The molecule has 1 aromatic carbocycles. The van der Waals surface area contributed by atoms with Crippen LogP contribution in [-0.2, 0) is 20.4 Å². The van der Waals surface area contributed by atoms with E-state index in [1.54, 1.807) is 38.1 Å². The van der Waals surface area contributed by atoms with Crippen molar-refractivity contribution in [1.82, 2.24) is 0 Å². The third kappa shape index (κ3) is 5.69. The molecule has 0 heterocycles. The normalized spacial score (nSPS) is 23.8. The van der Waals surface area contributed by atoms with Gasteiger partial charge in [0.25, 0.3) is 0 Å². The second-order valence-corrected chi connectivity index (χ2v) is 9.91. The first kappa shape index (κ1) is 21.9. The molecule has 25 heavy (non-hydrogen) atoms. The molecule has 5 nitrogen and oxygen atoms in total. The molecule has 0 aromatic heterocycles. The first-order valence-corrected chi connectivity index (χ1v) is 10.2. The van der Waals surface area contributed by atoms with Crippen LogP contribution in [0.1, 0.15) is 52.0 Å². The van der Waals surface area contributed by atoms with Gasteiger partial charge in [-0.15, -0.1) is 12.4 Å². The zero-order chi connectivity index (χ0) is 18.0. The Kier molecular flexibility index (Phi) is 7.47. The standard InChI is InChI=1S/C18H28N2O3S.ClH/c1-13(2)24(22,23)12-14-7-6-8-15(11-14)20-17(21)16-9-4-5-10-18(16,3)19;/h6-8,11,13,16H,4-5,9-10,12,19H2,1-3H3,(H,20,21);1H. The fraction of sp³-hybridized carbons (Fsp3) is 0.611. The van der Waals surface area contributed by atoms with E-state index in [0.717, 1.165) is 25.7 Å². The summed E-state index contributed by atoms with van der Waals surface area (Å²) in [6.45, 7) is 5.28. The van der Waals surface area contributed by atoms with Crippen molar-refractivity contribution in [3.8, 4) is 0 Å². The number of carbonyl (C=O) groups excluding carboxylic acids is 1. The number of carbonyl (C=O) groups is 1. The molecule has 0 bridgehead atoms. The van der Waals surface area contributed by atoms with E-state index in [2.05, 4.69) is 5.32 Å². The number of hydrogen-bond acceptors (Lipinski definition) is 4. The number of nitrogens with two attached hydrogens (primary N) is 1. The largest absolute Gasteiger partial charge is 0.326 e. The maximum absolute atomic E-state index is 12.6. The van der Waals surface area contributed by atoms with Gasteiger partial charge in [0.2, 0.25) is 5.91 Å². The molecule has 0 aliphatic heterocycles. The van der Waals surface area contributed by atoms with E-state index in [9.17, 15) is 13.2 Å². The van der Waals surface area contributed by atoms with Crippen LogP contribution < -0.4 is 11.1 Å². The van der Waals surface area contributed by atoms with Gasteiger partial charge in [-0.25, -0.2) is 8.42 Å². The summed E-state index contributed by atoms with van der Waals surface area (Å²) in [5.41, 5.74) is 7.10. The molecule has 1 aliphatic rings. The van der Waals surface area contributed by atoms with Crippen molar-refractivity contribution in [3.05, 3.63) is 29.8 Å². The molecule has 0 saturated heterocycles. The Labute approximate surface area is 157 Å². The fourth-order valence-corrected chi connectivity index (χ4v) is 4.13. The Hall–Kier alpha value is -1.11. The third-order valence-corrected chi connectivity index (χ3v) is 7.02. The van der Waals surface area contributed by atoms with Crippen LogP contribution in [0.25, 0.3) is 0 Å². The van der Waals surface area contributed by atoms with E-state index in [-0.39, 0.29) is 30.0 Å². The third-order valence-electron chi connectivity index (χ3n) is 4.85. The number of hydrogen-bond donors (Lipinski definition) is 2. The Balaban J connectivity index is 0.00000312. The van der Waals surface area contributed by atoms with Crippen LogP contribution in [0, 0.1) is 5.92 Å². The molecule has 1 aliphatic carbocycles. The summed E-state index contributed by atoms with van der Waals surface area (Å²) in [5.74, 6) is -0.315. The zero-order valence-electron chi connectivity index (χ0n) is 15.1. The number of rotatable bonds is 5. The topological polar surface area (TPSA) is 89.3 Å². The van der Waals surface area contributed by atoms with Gasteiger partial charge in [-0.3, -0.25) is 4.79 Å². The lowest BCUT2D eigenvalue weighted by Crippen LogP contribution is -2.51. The minimum Gasteiger partial charge on any atom is -0.326 e. The molecule has 2 atom stereocenters. The average Bonchev–Trinajstić information content (AvgIpc) is 2.46. The van der Waals surface area contributed by atoms with Crippen molar-refractivity contribution in [2.45, 2.75) is 63.0 Å². The number of anilines is 1. The SMILES string of the molecule is CC(C)S(=O)(=O)Cc1cccc(NC(=O)C2CCCCC2(C)N)c1.Cl. The highest BCUT2D eigenvalue weighted by Crippen LogP contribution is 2.32. The molecular formula is C18H29ClN2O3S. The first-order valence-electron chi connectivity index (χ1n) is 8.52. The highest BCUT2D eigenvalue weighted by Gasteiger charge is 2.37. The predicted molar refractivity (Wildman–Crippen MR) is 105 cm³/mol. The van der Waals surface area contributed by atoms with E-state index >= 15 is 0 Å². The van der Waals surface area contributed by atoms with Crippen molar-refractivity contribution < 1.29 is 13.2 Å². The summed E-state index contributed by atoms with van der Waals surface area (Å²) in [6.07, 6.45) is 3.70. The number of benzene rings is 1. The van der Waals surface area contributed by atoms with E-state index in [4.69, 9.17) is 5.73 Å². The molecule has 1 saturated carbocycles. The molecule has 1 fully saturated rings. The molecule has 142 valence electrons. The number of sulfone groups is 1. The molecule has 7 heteroatoms. The quantitative estimate of drug-likeness (QED) is 0.809. The van der Waals surface area contributed by atoms with Crippen molar-refractivity contribution in [2.75, 3.05) is 5.32 Å². The minimum absolute atomic E-state index is 0. The summed E-state index contributed by atoms with van der Waals surface area (Å²) in [6, 6.07) is 7.04. The van der Waals surface area contributed by atoms with Gasteiger partial charge in [0, 0.05) is 11.2 Å². The van der Waals surface area contributed by atoms with E-state index in [1.807, 2.05) is 6.92 Å². The van der Waals surface area contributed by atoms with Gasteiger partial charge in [0.1, 0.15) is 0 Å². The molecule has 3 N–H and O–H groups in total. The van der Waals surface area contributed by atoms with Crippen LogP contribution in [0.15, 0.2) is 24.3 Å². The molecule has 1 aromatic rings. The molecular weight excluding hydrogens is 360 g/mol. The number of halogens is 1. The lowest BCUT2D eigenvalue weighted by atomic mass is 9.74. The highest BCUT2D eigenvalue weighted by molar-refractivity contribution is 7.91. The summed E-state index contributed by atoms with van der Waals surface area (Å²) < 4.78 is 24.1. The first-order chi connectivity index (χ1) is 11.1. The van der Waals surface area contributed by atoms with E-state index in [0.29, 0.717) is 11.3 Å². The fourth-order valence-electron chi connectivity index (χ4n) is 3.16. The molecule has 0 spiro atoms. The second-order valence-electron chi connectivity index (χ2n) is 7.35. The van der Waals surface area contributed by atoms with E-state index < -0.39 is 20.6 Å². The van der Waals surface area contributed by atoms with Crippen LogP contribution in [0.4, 0.5) is 5.69 Å². The Morgan fingerprint density at radius 1 is 1.36 bits per heavy atom. The van der Waals surface area contributed by atoms with Crippen molar-refractivity contribution >= 4 is 33.8 Å². The summed E-state index contributed by atoms with van der Waals surface area (Å²) in [4.78, 5) is 12.6. The van der Waals surface area contributed by atoms with Gasteiger partial charge in [-0.05, 0) is 51.3 Å². The van der Waals surface area contributed by atoms with Crippen molar-refractivity contribution in [2.24, 2.45) is 11.7 Å². The summed E-state index contributed by atoms with van der Waals surface area (Å²) >= 11 is 0. The zero-order valence-corrected chi connectivity index (χ0v) is 16.8. The van der Waals surface area contributed by atoms with Gasteiger partial charge in [-0.2, -0.15) is 0 Å². The monoisotopic (exact) mass is 388 g/mol. The Morgan fingerprint density at radius 3 is 2.64 bits per heavy atom. The van der Waals surface area contributed by atoms with Crippen LogP contribution in [0.5, 0.6) is 0 Å². The van der Waals surface area contributed by atoms with Crippen molar-refractivity contribution in [1.29, 1.82) is 0 Å². The van der Waals surface area contributed by atoms with Crippen LogP contribution in [0.2, 0.25) is 0 Å². The maximum Gasteiger partial charge on any atom is 0.229 e. The van der Waals surface area contributed by atoms with Gasteiger partial charge in [-0.1, -0.05) is 25.0 Å². The summed E-state index contributed by atoms with van der Waals surface area (Å²) in [7, 11) is -3.17. The van der Waals surface area contributed by atoms with Gasteiger partial charge in [0.15, 0.2) is 9.84 Å². The lowest BCUT2D eigenvalue weighted by molar-refractivity contribution is -0.122. The Bertz CT molecular complexity index is 702. The van der Waals surface area contributed by atoms with E-state index in [1.165, 1.54) is 0 Å². The maximum atomic E-state index is 12.6. The van der Waals surface area contributed by atoms with Gasteiger partial charge in [0.05, 0.1) is 16.9 Å². The smallest absolute Gasteiger partial charge is 0.229 e. The van der Waals surface area contributed by atoms with Crippen LogP contribution in [0.3, 0.4) is 0 Å². The molecule has 0 radical (unpaired) electrons. The molecule has 2 unspecified atom stereocenters. The average molecular weight is 389 g/mol. The van der Waals surface area contributed by atoms with Crippen molar-refractivity contribution in [3.63, 3.8) is 0 Å². The lowest BCUT2D eigenvalue weighted by Gasteiger charge is -2.37. The molecule has 1 amide bonds. The number of nitrogens with one attached hydrogen (secondary N) is 1. The summed E-state index contributed by atoms with van der Waals surface area (Å²) in [5, 5.41) is 2.49. The highest BCUT2D eigenvalue weighted by atomic mass is 35.5. The van der Waals surface area contributed by atoms with Crippen LogP contribution >= 0.6 is 12.4 Å². The molecule has 2 rings (SSSR count). The predicted octanol–water partition coefficient (Wildman–Crippen LogP) is 3.28. The minimum atomic E-state index is -3.17. The van der Waals surface area contributed by atoms with Gasteiger partial charge >= 0.3 is 0 Å². The second kappa shape index (κ2) is 8.52. The van der Waals surface area contributed by atoms with Crippen LogP contribution in [-0.4, -0.2) is 25.1 Å².